The highest BCUT2D eigenvalue weighted by Gasteiger charge is 2.20. The van der Waals surface area contributed by atoms with Crippen LogP contribution in [0.1, 0.15) is 16.1 Å². The monoisotopic (exact) mass is 385 g/mol. The molecule has 0 amide bonds. The zero-order valence-electron chi connectivity index (χ0n) is 15.2. The molecule has 0 saturated heterocycles. The van der Waals surface area contributed by atoms with Gasteiger partial charge in [-0.3, -0.25) is 0 Å². The van der Waals surface area contributed by atoms with Crippen molar-refractivity contribution in [2.75, 3.05) is 21.3 Å². The molecule has 0 unspecified atom stereocenters. The minimum Gasteiger partial charge on any atom is -0.497 e. The van der Waals surface area contributed by atoms with Gasteiger partial charge in [0.05, 0.1) is 27.0 Å². The highest BCUT2D eigenvalue weighted by atomic mass is 32.1. The highest BCUT2D eigenvalue weighted by molar-refractivity contribution is 7.13. The minimum absolute atomic E-state index is 0.0622. The minimum atomic E-state index is -0.525. The smallest absolute Gasteiger partial charge is 0.346 e. The van der Waals surface area contributed by atoms with Crippen LogP contribution >= 0.6 is 11.3 Å². The number of ether oxygens (including phenoxy) is 4. The summed E-state index contributed by atoms with van der Waals surface area (Å²) in [4.78, 5) is 17.0. The van der Waals surface area contributed by atoms with E-state index in [1.165, 1.54) is 25.6 Å². The summed E-state index contributed by atoms with van der Waals surface area (Å²) in [6.45, 7) is 0.0622. The molecular weight excluding hydrogens is 366 g/mol. The van der Waals surface area contributed by atoms with E-state index in [1.807, 2.05) is 29.6 Å². The molecule has 0 bridgehead atoms. The SMILES string of the molecule is COc1ccc(-c2nc(COC(=O)c3c(OC)cccc3OC)cs2)cc1. The Labute approximate surface area is 161 Å². The van der Waals surface area contributed by atoms with E-state index in [2.05, 4.69) is 4.98 Å². The fourth-order valence-electron chi connectivity index (χ4n) is 2.50. The van der Waals surface area contributed by atoms with E-state index in [0.29, 0.717) is 17.2 Å². The molecule has 3 rings (SSSR count). The van der Waals surface area contributed by atoms with Crippen LogP contribution < -0.4 is 14.2 Å². The molecule has 140 valence electrons. The molecule has 2 aromatic carbocycles. The summed E-state index contributed by atoms with van der Waals surface area (Å²) in [6.07, 6.45) is 0. The highest BCUT2D eigenvalue weighted by Crippen LogP contribution is 2.30. The summed E-state index contributed by atoms with van der Waals surface area (Å²) in [7, 11) is 4.61. The molecule has 0 fully saturated rings. The van der Waals surface area contributed by atoms with Crippen molar-refractivity contribution in [3.8, 4) is 27.8 Å². The summed E-state index contributed by atoms with van der Waals surface area (Å²) in [5.41, 5.74) is 1.91. The van der Waals surface area contributed by atoms with E-state index in [9.17, 15) is 4.79 Å². The van der Waals surface area contributed by atoms with Crippen LogP contribution in [0.5, 0.6) is 17.2 Å². The zero-order chi connectivity index (χ0) is 19.2. The molecule has 27 heavy (non-hydrogen) atoms. The molecule has 0 saturated carbocycles. The molecule has 7 heteroatoms. The molecule has 6 nitrogen and oxygen atoms in total. The summed E-state index contributed by atoms with van der Waals surface area (Å²) >= 11 is 1.49. The van der Waals surface area contributed by atoms with Crippen molar-refractivity contribution in [3.05, 3.63) is 59.1 Å². The third kappa shape index (κ3) is 4.20. The topological polar surface area (TPSA) is 66.9 Å². The molecule has 3 aromatic rings. The van der Waals surface area contributed by atoms with E-state index < -0.39 is 5.97 Å². The number of benzene rings is 2. The molecule has 0 aliphatic heterocycles. The van der Waals surface area contributed by atoms with Gasteiger partial charge in [0, 0.05) is 10.9 Å². The molecular formula is C20H19NO5S. The van der Waals surface area contributed by atoms with E-state index in [-0.39, 0.29) is 12.2 Å². The first-order valence-corrected chi connectivity index (χ1v) is 9.01. The van der Waals surface area contributed by atoms with Crippen LogP contribution in [-0.4, -0.2) is 32.3 Å². The van der Waals surface area contributed by atoms with Crippen molar-refractivity contribution in [1.29, 1.82) is 0 Å². The Balaban J connectivity index is 1.71. The maximum absolute atomic E-state index is 12.5. The number of nitrogens with zero attached hydrogens (tertiary/aromatic N) is 1. The Bertz CT molecular complexity index is 898. The van der Waals surface area contributed by atoms with Gasteiger partial charge in [-0.1, -0.05) is 6.07 Å². The van der Waals surface area contributed by atoms with Gasteiger partial charge >= 0.3 is 5.97 Å². The Morgan fingerprint density at radius 2 is 1.63 bits per heavy atom. The second-order valence-corrected chi connectivity index (χ2v) is 6.34. The number of hydrogen-bond donors (Lipinski definition) is 0. The Morgan fingerprint density at radius 3 is 2.22 bits per heavy atom. The Hall–Kier alpha value is -3.06. The van der Waals surface area contributed by atoms with E-state index in [4.69, 9.17) is 18.9 Å². The molecule has 0 N–H and O–H groups in total. The summed E-state index contributed by atoms with van der Waals surface area (Å²) < 4.78 is 21.0. The number of thiazole rings is 1. The van der Waals surface area contributed by atoms with Crippen molar-refractivity contribution in [1.82, 2.24) is 4.98 Å². The largest absolute Gasteiger partial charge is 0.497 e. The Morgan fingerprint density at radius 1 is 0.963 bits per heavy atom. The van der Waals surface area contributed by atoms with Crippen molar-refractivity contribution in [3.63, 3.8) is 0 Å². The standard InChI is InChI=1S/C20H19NO5S/c1-23-15-9-7-13(8-10-15)19-21-14(12-27-19)11-26-20(22)18-16(24-2)5-4-6-17(18)25-3/h4-10,12H,11H2,1-3H3. The number of rotatable bonds is 7. The number of methoxy groups -OCH3 is 3. The number of carbonyl (C=O) groups is 1. The van der Waals surface area contributed by atoms with Crippen molar-refractivity contribution >= 4 is 17.3 Å². The fraction of sp³-hybridized carbons (Fsp3) is 0.200. The van der Waals surface area contributed by atoms with Gasteiger partial charge in [0.1, 0.15) is 34.4 Å². The summed E-state index contributed by atoms with van der Waals surface area (Å²) in [6, 6.07) is 12.7. The maximum Gasteiger partial charge on any atom is 0.346 e. The quantitative estimate of drug-likeness (QED) is 0.568. The second-order valence-electron chi connectivity index (χ2n) is 5.49. The van der Waals surface area contributed by atoms with Gasteiger partial charge in [0.25, 0.3) is 0 Å². The average molecular weight is 385 g/mol. The van der Waals surface area contributed by atoms with Gasteiger partial charge in [0.15, 0.2) is 0 Å². The van der Waals surface area contributed by atoms with Gasteiger partial charge in [0.2, 0.25) is 0 Å². The van der Waals surface area contributed by atoms with Gasteiger partial charge < -0.3 is 18.9 Å². The van der Waals surface area contributed by atoms with Gasteiger partial charge in [-0.05, 0) is 36.4 Å². The van der Waals surface area contributed by atoms with Crippen molar-refractivity contribution < 1.29 is 23.7 Å². The van der Waals surface area contributed by atoms with E-state index >= 15 is 0 Å². The van der Waals surface area contributed by atoms with Crippen LogP contribution in [-0.2, 0) is 11.3 Å². The van der Waals surface area contributed by atoms with Gasteiger partial charge in [-0.2, -0.15) is 0 Å². The number of esters is 1. The lowest BCUT2D eigenvalue weighted by Crippen LogP contribution is -2.09. The average Bonchev–Trinajstić information content (AvgIpc) is 3.20. The number of hydrogen-bond acceptors (Lipinski definition) is 7. The predicted octanol–water partition coefficient (Wildman–Crippen LogP) is 4.19. The van der Waals surface area contributed by atoms with Crippen LogP contribution in [0.25, 0.3) is 10.6 Å². The molecule has 0 spiro atoms. The third-order valence-electron chi connectivity index (χ3n) is 3.87. The van der Waals surface area contributed by atoms with Crippen LogP contribution in [0.2, 0.25) is 0 Å². The zero-order valence-corrected chi connectivity index (χ0v) is 16.0. The normalized spacial score (nSPS) is 10.3. The van der Waals surface area contributed by atoms with Crippen LogP contribution in [0.15, 0.2) is 47.8 Å². The van der Waals surface area contributed by atoms with Gasteiger partial charge in [-0.15, -0.1) is 11.3 Å². The van der Waals surface area contributed by atoms with E-state index in [0.717, 1.165) is 16.3 Å². The molecule has 0 aliphatic carbocycles. The maximum atomic E-state index is 12.5. The molecule has 0 radical (unpaired) electrons. The first-order valence-electron chi connectivity index (χ1n) is 8.13. The fourth-order valence-corrected chi connectivity index (χ4v) is 3.31. The van der Waals surface area contributed by atoms with Crippen molar-refractivity contribution in [2.45, 2.75) is 6.61 Å². The third-order valence-corrected chi connectivity index (χ3v) is 4.81. The molecule has 0 atom stereocenters. The van der Waals surface area contributed by atoms with E-state index in [1.54, 1.807) is 25.3 Å². The van der Waals surface area contributed by atoms with Gasteiger partial charge in [-0.25, -0.2) is 9.78 Å². The van der Waals surface area contributed by atoms with Crippen LogP contribution in [0.3, 0.4) is 0 Å². The number of aromatic nitrogens is 1. The lowest BCUT2D eigenvalue weighted by Gasteiger charge is -2.11. The summed E-state index contributed by atoms with van der Waals surface area (Å²) in [5.74, 6) is 1.06. The van der Waals surface area contributed by atoms with Crippen LogP contribution in [0, 0.1) is 0 Å². The molecule has 1 heterocycles. The lowest BCUT2D eigenvalue weighted by molar-refractivity contribution is 0.0461. The molecule has 1 aromatic heterocycles. The predicted molar refractivity (Wildman–Crippen MR) is 103 cm³/mol. The number of carbonyl (C=O) groups excluding carboxylic acids is 1. The second kappa shape index (κ2) is 8.55. The van der Waals surface area contributed by atoms with Crippen molar-refractivity contribution in [2.24, 2.45) is 0 Å². The molecule has 0 aliphatic rings. The van der Waals surface area contributed by atoms with Crippen LogP contribution in [0.4, 0.5) is 0 Å². The first kappa shape index (κ1) is 18.7. The lowest BCUT2D eigenvalue weighted by atomic mass is 10.2. The first-order chi connectivity index (χ1) is 13.2. The summed E-state index contributed by atoms with van der Waals surface area (Å²) in [5, 5.41) is 2.71. The Kier molecular flexibility index (Phi) is 5.93.